The van der Waals surface area contributed by atoms with Gasteiger partial charge in [-0.1, -0.05) is 37.3 Å². The summed E-state index contributed by atoms with van der Waals surface area (Å²) in [5.41, 5.74) is 2.39. The molecule has 0 radical (unpaired) electrons. The minimum absolute atomic E-state index is 0.564. The Morgan fingerprint density at radius 3 is 2.60 bits per heavy atom. The van der Waals surface area contributed by atoms with Crippen molar-refractivity contribution in [2.24, 2.45) is 5.92 Å². The molecule has 5 nitrogen and oxygen atoms in total. The van der Waals surface area contributed by atoms with Gasteiger partial charge in [0.2, 0.25) is 5.88 Å². The molecule has 0 saturated carbocycles. The van der Waals surface area contributed by atoms with Crippen molar-refractivity contribution in [1.82, 2.24) is 20.0 Å². The summed E-state index contributed by atoms with van der Waals surface area (Å²) < 4.78 is 5.08. The molecule has 2 aromatic rings. The van der Waals surface area contributed by atoms with Gasteiger partial charge in [0.15, 0.2) is 0 Å². The van der Waals surface area contributed by atoms with Crippen LogP contribution in [-0.4, -0.2) is 53.3 Å². The molecule has 5 heteroatoms. The number of nitrogens with zero attached hydrogens (tertiary/aromatic N) is 4. The lowest BCUT2D eigenvalue weighted by atomic mass is 9.92. The predicted molar refractivity (Wildman–Crippen MR) is 99.3 cm³/mol. The second kappa shape index (κ2) is 8.41. The van der Waals surface area contributed by atoms with Crippen LogP contribution in [0.3, 0.4) is 0 Å². The molecule has 25 heavy (non-hydrogen) atoms. The van der Waals surface area contributed by atoms with E-state index in [0.29, 0.717) is 17.8 Å². The van der Waals surface area contributed by atoms with E-state index in [0.717, 1.165) is 31.9 Å². The molecule has 3 rings (SSSR count). The highest BCUT2D eigenvalue weighted by atomic mass is 16.5. The quantitative estimate of drug-likeness (QED) is 0.809. The first-order chi connectivity index (χ1) is 12.2. The molecule has 0 bridgehead atoms. The van der Waals surface area contributed by atoms with Gasteiger partial charge in [-0.25, -0.2) is 0 Å². The minimum Gasteiger partial charge on any atom is -0.480 e. The van der Waals surface area contributed by atoms with E-state index in [1.165, 1.54) is 12.0 Å². The first kappa shape index (κ1) is 17.8. The van der Waals surface area contributed by atoms with E-state index in [4.69, 9.17) is 4.74 Å². The summed E-state index contributed by atoms with van der Waals surface area (Å²) in [5.74, 6) is 1.20. The SMILES string of the molecule is COc1ccc(CN(C)[C@H]2CCN(Cc3ccccc3)C[C@@H]2C)nn1. The minimum atomic E-state index is 0.564. The third kappa shape index (κ3) is 4.77. The highest BCUT2D eigenvalue weighted by Crippen LogP contribution is 2.23. The summed E-state index contributed by atoms with van der Waals surface area (Å²) in [6.07, 6.45) is 1.19. The van der Waals surface area contributed by atoms with Crippen molar-refractivity contribution in [2.45, 2.75) is 32.5 Å². The molecule has 2 heterocycles. The molecule has 0 N–H and O–H groups in total. The molecule has 134 valence electrons. The van der Waals surface area contributed by atoms with Crippen LogP contribution in [0.5, 0.6) is 5.88 Å². The lowest BCUT2D eigenvalue weighted by molar-refractivity contribution is 0.0711. The molecule has 1 aromatic heterocycles. The molecule has 0 amide bonds. The number of rotatable bonds is 6. The average molecular weight is 340 g/mol. The highest BCUT2D eigenvalue weighted by Gasteiger charge is 2.29. The molecule has 0 unspecified atom stereocenters. The third-order valence-electron chi connectivity index (χ3n) is 5.08. The summed E-state index contributed by atoms with van der Waals surface area (Å²) in [6, 6.07) is 15.2. The molecule has 1 aliphatic rings. The number of likely N-dealkylation sites (tertiary alicyclic amines) is 1. The van der Waals surface area contributed by atoms with Crippen LogP contribution in [0.2, 0.25) is 0 Å². The second-order valence-electron chi connectivity index (χ2n) is 7.04. The van der Waals surface area contributed by atoms with Crippen LogP contribution >= 0.6 is 0 Å². The average Bonchev–Trinajstić information content (AvgIpc) is 2.63. The zero-order valence-corrected chi connectivity index (χ0v) is 15.4. The molecule has 0 spiro atoms. The molecular weight excluding hydrogens is 312 g/mol. The van der Waals surface area contributed by atoms with Gasteiger partial charge in [-0.3, -0.25) is 9.80 Å². The second-order valence-corrected chi connectivity index (χ2v) is 7.04. The number of hydrogen-bond acceptors (Lipinski definition) is 5. The van der Waals surface area contributed by atoms with E-state index in [-0.39, 0.29) is 0 Å². The van der Waals surface area contributed by atoms with E-state index >= 15 is 0 Å². The molecular formula is C20H28N4O. The predicted octanol–water partition coefficient (Wildman–Crippen LogP) is 2.83. The van der Waals surface area contributed by atoms with E-state index in [1.807, 2.05) is 12.1 Å². The zero-order chi connectivity index (χ0) is 17.6. The fourth-order valence-corrected chi connectivity index (χ4v) is 3.77. The van der Waals surface area contributed by atoms with Crippen LogP contribution in [0.25, 0.3) is 0 Å². The topological polar surface area (TPSA) is 41.5 Å². The van der Waals surface area contributed by atoms with Crippen molar-refractivity contribution in [2.75, 3.05) is 27.2 Å². The Hall–Kier alpha value is -1.98. The molecule has 1 aliphatic heterocycles. The van der Waals surface area contributed by atoms with Crippen LogP contribution in [0, 0.1) is 5.92 Å². The van der Waals surface area contributed by atoms with E-state index in [2.05, 4.69) is 64.3 Å². The van der Waals surface area contributed by atoms with Crippen LogP contribution in [0.4, 0.5) is 0 Å². The van der Waals surface area contributed by atoms with Crippen molar-refractivity contribution in [3.8, 4) is 5.88 Å². The highest BCUT2D eigenvalue weighted by molar-refractivity contribution is 5.14. The Morgan fingerprint density at radius 1 is 1.16 bits per heavy atom. The maximum absolute atomic E-state index is 5.08. The number of piperidine rings is 1. The fraction of sp³-hybridized carbons (Fsp3) is 0.500. The van der Waals surface area contributed by atoms with E-state index < -0.39 is 0 Å². The number of benzene rings is 1. The van der Waals surface area contributed by atoms with Gasteiger partial charge in [-0.2, -0.15) is 5.10 Å². The van der Waals surface area contributed by atoms with Crippen molar-refractivity contribution >= 4 is 0 Å². The summed E-state index contributed by atoms with van der Waals surface area (Å²) in [6.45, 7) is 6.51. The Labute approximate surface area is 150 Å². The van der Waals surface area contributed by atoms with E-state index in [9.17, 15) is 0 Å². The molecule has 2 atom stereocenters. The standard InChI is InChI=1S/C20H28N4O/c1-16-13-24(14-17-7-5-4-6-8-17)12-11-19(16)23(2)15-18-9-10-20(25-3)22-21-18/h4-10,16,19H,11-15H2,1-3H3/t16-,19-/m0/s1. The molecule has 1 saturated heterocycles. The molecule has 0 aliphatic carbocycles. The van der Waals surface area contributed by atoms with Gasteiger partial charge in [0.1, 0.15) is 0 Å². The van der Waals surface area contributed by atoms with Crippen LogP contribution < -0.4 is 4.74 Å². The van der Waals surface area contributed by atoms with Gasteiger partial charge in [0.05, 0.1) is 12.8 Å². The van der Waals surface area contributed by atoms with Crippen molar-refractivity contribution in [3.05, 3.63) is 53.7 Å². The largest absolute Gasteiger partial charge is 0.480 e. The van der Waals surface area contributed by atoms with Crippen LogP contribution in [0.15, 0.2) is 42.5 Å². The maximum Gasteiger partial charge on any atom is 0.233 e. The maximum atomic E-state index is 5.08. The Morgan fingerprint density at radius 2 is 1.96 bits per heavy atom. The normalized spacial score (nSPS) is 21.4. The van der Waals surface area contributed by atoms with Crippen LogP contribution in [-0.2, 0) is 13.1 Å². The summed E-state index contributed by atoms with van der Waals surface area (Å²) >= 11 is 0. The number of hydrogen-bond donors (Lipinski definition) is 0. The number of aromatic nitrogens is 2. The van der Waals surface area contributed by atoms with Gasteiger partial charge in [0, 0.05) is 31.7 Å². The van der Waals surface area contributed by atoms with Crippen molar-refractivity contribution in [1.29, 1.82) is 0 Å². The van der Waals surface area contributed by atoms with E-state index in [1.54, 1.807) is 7.11 Å². The smallest absolute Gasteiger partial charge is 0.233 e. The Balaban J connectivity index is 1.53. The first-order valence-corrected chi connectivity index (χ1v) is 8.99. The Kier molecular flexibility index (Phi) is 6.00. The molecule has 1 fully saturated rings. The van der Waals surface area contributed by atoms with Crippen molar-refractivity contribution < 1.29 is 4.74 Å². The van der Waals surface area contributed by atoms with Crippen LogP contribution in [0.1, 0.15) is 24.6 Å². The van der Waals surface area contributed by atoms with Crippen molar-refractivity contribution in [3.63, 3.8) is 0 Å². The zero-order valence-electron chi connectivity index (χ0n) is 15.4. The van der Waals surface area contributed by atoms with Gasteiger partial charge in [-0.15, -0.1) is 5.10 Å². The third-order valence-corrected chi connectivity index (χ3v) is 5.08. The first-order valence-electron chi connectivity index (χ1n) is 8.99. The number of methoxy groups -OCH3 is 1. The van der Waals surface area contributed by atoms with Gasteiger partial charge in [0.25, 0.3) is 0 Å². The monoisotopic (exact) mass is 340 g/mol. The fourth-order valence-electron chi connectivity index (χ4n) is 3.77. The Bertz CT molecular complexity index is 647. The summed E-state index contributed by atoms with van der Waals surface area (Å²) in [4.78, 5) is 4.98. The summed E-state index contributed by atoms with van der Waals surface area (Å²) in [7, 11) is 3.81. The molecule has 1 aromatic carbocycles. The number of ether oxygens (including phenoxy) is 1. The van der Waals surface area contributed by atoms with Gasteiger partial charge in [-0.05, 0) is 37.6 Å². The summed E-state index contributed by atoms with van der Waals surface area (Å²) in [5, 5.41) is 8.32. The van der Waals surface area contributed by atoms with Gasteiger partial charge >= 0.3 is 0 Å². The lowest BCUT2D eigenvalue weighted by Gasteiger charge is -2.41. The lowest BCUT2D eigenvalue weighted by Crippen LogP contribution is -2.48. The van der Waals surface area contributed by atoms with Gasteiger partial charge < -0.3 is 4.74 Å².